The summed E-state index contributed by atoms with van der Waals surface area (Å²) in [5.74, 6) is 0.00335. The lowest BCUT2D eigenvalue weighted by molar-refractivity contribution is -0.153. The maximum Gasteiger partial charge on any atom is 0.246 e. The summed E-state index contributed by atoms with van der Waals surface area (Å²) in [6, 6.07) is 22.1. The Morgan fingerprint density at radius 2 is 1.77 bits per heavy atom. The molecule has 2 unspecified atom stereocenters. The highest BCUT2D eigenvalue weighted by Crippen LogP contribution is 2.33. The predicted molar refractivity (Wildman–Crippen MR) is 142 cm³/mol. The average Bonchev–Trinajstić information content (AvgIpc) is 3.24. The highest BCUT2D eigenvalue weighted by molar-refractivity contribution is 7.19. The van der Waals surface area contributed by atoms with Crippen LogP contribution in [-0.2, 0) is 29.0 Å². The normalized spacial score (nSPS) is 20.9. The first-order chi connectivity index (χ1) is 17.1. The number of aryl methyl sites for hydroxylation is 1. The Morgan fingerprint density at radius 3 is 2.63 bits per heavy atom. The molecule has 6 rings (SSSR count). The molecule has 2 amide bonds. The molecule has 2 aliphatic heterocycles. The smallest absolute Gasteiger partial charge is 0.246 e. The lowest BCUT2D eigenvalue weighted by atomic mass is 9.97. The minimum atomic E-state index is -0.501. The molecule has 0 radical (unpaired) electrons. The SMILES string of the molecule is CCc1sc2ccccc2c1CN1CCN2C(=O)C(Cc3ccc4ccccc4c3)NC(=O)C2C1. The van der Waals surface area contributed by atoms with E-state index in [1.165, 1.54) is 25.9 Å². The van der Waals surface area contributed by atoms with Crippen LogP contribution in [0.5, 0.6) is 0 Å². The maximum atomic E-state index is 13.4. The van der Waals surface area contributed by atoms with Gasteiger partial charge >= 0.3 is 0 Å². The summed E-state index contributed by atoms with van der Waals surface area (Å²) < 4.78 is 1.32. The summed E-state index contributed by atoms with van der Waals surface area (Å²) in [5, 5.41) is 6.68. The minimum absolute atomic E-state index is 0.0361. The number of fused-ring (bicyclic) bond motifs is 3. The Labute approximate surface area is 209 Å². The summed E-state index contributed by atoms with van der Waals surface area (Å²) in [6.45, 7) is 4.97. The number of carbonyl (C=O) groups is 2. The average molecular weight is 484 g/mol. The van der Waals surface area contributed by atoms with Crippen molar-refractivity contribution in [1.82, 2.24) is 15.1 Å². The van der Waals surface area contributed by atoms with Crippen LogP contribution in [0, 0.1) is 0 Å². The Morgan fingerprint density at radius 1 is 0.971 bits per heavy atom. The molecule has 0 bridgehead atoms. The third kappa shape index (κ3) is 4.11. The molecule has 5 nitrogen and oxygen atoms in total. The molecule has 6 heteroatoms. The van der Waals surface area contributed by atoms with Crippen molar-refractivity contribution < 1.29 is 9.59 Å². The highest BCUT2D eigenvalue weighted by atomic mass is 32.1. The summed E-state index contributed by atoms with van der Waals surface area (Å²) in [7, 11) is 0. The fourth-order valence-electron chi connectivity index (χ4n) is 5.57. The van der Waals surface area contributed by atoms with Crippen LogP contribution >= 0.6 is 11.3 Å². The molecule has 1 N–H and O–H groups in total. The van der Waals surface area contributed by atoms with Gasteiger partial charge in [-0.3, -0.25) is 14.5 Å². The van der Waals surface area contributed by atoms with Gasteiger partial charge in [-0.25, -0.2) is 0 Å². The molecule has 0 aliphatic carbocycles. The molecule has 1 aromatic heterocycles. The first kappa shape index (κ1) is 22.3. The number of carbonyl (C=O) groups excluding carboxylic acids is 2. The zero-order chi connectivity index (χ0) is 23.9. The number of amides is 2. The van der Waals surface area contributed by atoms with Gasteiger partial charge in [0, 0.05) is 42.2 Å². The fraction of sp³-hybridized carbons (Fsp3) is 0.310. The van der Waals surface area contributed by atoms with E-state index in [4.69, 9.17) is 0 Å². The minimum Gasteiger partial charge on any atom is -0.342 e. The largest absolute Gasteiger partial charge is 0.342 e. The Kier molecular flexibility index (Phi) is 5.78. The van der Waals surface area contributed by atoms with Gasteiger partial charge in [0.25, 0.3) is 0 Å². The third-order valence-electron chi connectivity index (χ3n) is 7.40. The van der Waals surface area contributed by atoms with Gasteiger partial charge in [0.05, 0.1) is 0 Å². The van der Waals surface area contributed by atoms with Crippen molar-refractivity contribution in [2.24, 2.45) is 0 Å². The molecule has 2 fully saturated rings. The number of nitrogens with zero attached hydrogens (tertiary/aromatic N) is 2. The highest BCUT2D eigenvalue weighted by Gasteiger charge is 2.43. The van der Waals surface area contributed by atoms with Crippen molar-refractivity contribution in [2.45, 2.75) is 38.4 Å². The Hall–Kier alpha value is -3.22. The van der Waals surface area contributed by atoms with Crippen molar-refractivity contribution in [2.75, 3.05) is 19.6 Å². The molecule has 0 spiro atoms. The van der Waals surface area contributed by atoms with E-state index in [1.54, 1.807) is 0 Å². The Balaban J connectivity index is 1.17. The maximum absolute atomic E-state index is 13.4. The van der Waals surface area contributed by atoms with Crippen molar-refractivity contribution >= 4 is 44.0 Å². The van der Waals surface area contributed by atoms with Crippen LogP contribution in [-0.4, -0.2) is 53.3 Å². The molecular formula is C29H29N3O2S. The summed E-state index contributed by atoms with van der Waals surface area (Å²) in [4.78, 5) is 32.1. The quantitative estimate of drug-likeness (QED) is 0.459. The molecule has 3 aromatic carbocycles. The van der Waals surface area contributed by atoms with Gasteiger partial charge in [-0.1, -0.05) is 67.6 Å². The molecule has 3 heterocycles. The molecule has 0 saturated carbocycles. The van der Waals surface area contributed by atoms with E-state index in [0.717, 1.165) is 30.5 Å². The standard InChI is InChI=1S/C29H29N3O2S/c1-2-26-23(22-9-5-6-10-27(22)35-26)17-31-13-14-32-25(18-31)28(33)30-24(29(32)34)16-19-11-12-20-7-3-4-8-21(20)15-19/h3-12,15,24-25H,2,13-14,16-18H2,1H3,(H,30,33). The molecule has 4 aromatic rings. The number of rotatable bonds is 5. The Bertz CT molecular complexity index is 1430. The van der Waals surface area contributed by atoms with Crippen LogP contribution in [0.2, 0.25) is 0 Å². The van der Waals surface area contributed by atoms with Crippen molar-refractivity contribution in [1.29, 1.82) is 0 Å². The summed E-state index contributed by atoms with van der Waals surface area (Å²) in [6.07, 6.45) is 1.52. The lowest BCUT2D eigenvalue weighted by Gasteiger charge is -2.45. The molecule has 2 aliphatic rings. The van der Waals surface area contributed by atoms with Gasteiger partial charge in [-0.2, -0.15) is 0 Å². The van der Waals surface area contributed by atoms with Crippen LogP contribution in [0.15, 0.2) is 66.7 Å². The third-order valence-corrected chi connectivity index (χ3v) is 8.76. The zero-order valence-electron chi connectivity index (χ0n) is 19.9. The number of nitrogens with one attached hydrogen (secondary N) is 1. The second-order valence-electron chi connectivity index (χ2n) is 9.58. The van der Waals surface area contributed by atoms with E-state index in [2.05, 4.69) is 71.7 Å². The summed E-state index contributed by atoms with van der Waals surface area (Å²) in [5.41, 5.74) is 2.44. The van der Waals surface area contributed by atoms with E-state index in [0.29, 0.717) is 19.5 Å². The van der Waals surface area contributed by atoms with Gasteiger partial charge in [-0.15, -0.1) is 11.3 Å². The lowest BCUT2D eigenvalue weighted by Crippen LogP contribution is -2.69. The van der Waals surface area contributed by atoms with Crippen molar-refractivity contribution in [3.05, 3.63) is 82.7 Å². The summed E-state index contributed by atoms with van der Waals surface area (Å²) >= 11 is 1.87. The second kappa shape index (κ2) is 9.10. The first-order valence-electron chi connectivity index (χ1n) is 12.4. The van der Waals surface area contributed by atoms with Crippen LogP contribution in [0.25, 0.3) is 20.9 Å². The zero-order valence-corrected chi connectivity index (χ0v) is 20.7. The molecular weight excluding hydrogens is 454 g/mol. The fourth-order valence-corrected chi connectivity index (χ4v) is 6.73. The predicted octanol–water partition coefficient (Wildman–Crippen LogP) is 4.37. The van der Waals surface area contributed by atoms with Gasteiger partial charge in [-0.05, 0) is 39.8 Å². The van der Waals surface area contributed by atoms with Gasteiger partial charge < -0.3 is 10.2 Å². The number of benzene rings is 3. The first-order valence-corrected chi connectivity index (χ1v) is 13.2. The van der Waals surface area contributed by atoms with E-state index in [-0.39, 0.29) is 11.8 Å². The van der Waals surface area contributed by atoms with Crippen LogP contribution in [0.1, 0.15) is 22.9 Å². The van der Waals surface area contributed by atoms with E-state index in [9.17, 15) is 9.59 Å². The van der Waals surface area contributed by atoms with E-state index in [1.807, 2.05) is 28.4 Å². The number of thiophene rings is 1. The van der Waals surface area contributed by atoms with Crippen LogP contribution in [0.3, 0.4) is 0 Å². The second-order valence-corrected chi connectivity index (χ2v) is 10.7. The number of hydrogen-bond acceptors (Lipinski definition) is 4. The molecule has 2 saturated heterocycles. The van der Waals surface area contributed by atoms with Crippen LogP contribution < -0.4 is 5.32 Å². The number of hydrogen-bond donors (Lipinski definition) is 1. The molecule has 35 heavy (non-hydrogen) atoms. The monoisotopic (exact) mass is 483 g/mol. The molecule has 2 atom stereocenters. The van der Waals surface area contributed by atoms with E-state index < -0.39 is 12.1 Å². The number of piperazine rings is 2. The van der Waals surface area contributed by atoms with Crippen LogP contribution in [0.4, 0.5) is 0 Å². The molecule has 178 valence electrons. The van der Waals surface area contributed by atoms with Crippen molar-refractivity contribution in [3.8, 4) is 0 Å². The van der Waals surface area contributed by atoms with Crippen molar-refractivity contribution in [3.63, 3.8) is 0 Å². The van der Waals surface area contributed by atoms with Gasteiger partial charge in [0.15, 0.2) is 0 Å². The van der Waals surface area contributed by atoms with E-state index >= 15 is 0 Å². The topological polar surface area (TPSA) is 52.6 Å². The van der Waals surface area contributed by atoms with Gasteiger partial charge in [0.2, 0.25) is 11.8 Å². The van der Waals surface area contributed by atoms with Gasteiger partial charge in [0.1, 0.15) is 12.1 Å².